The Morgan fingerprint density at radius 2 is 1.38 bits per heavy atom. The number of carboxylic acids is 1. The van der Waals surface area contributed by atoms with Gasteiger partial charge in [-0.25, -0.2) is 4.79 Å². The molecule has 1 atom stereocenters. The van der Waals surface area contributed by atoms with E-state index in [1.165, 1.54) is 0 Å². The molecule has 0 saturated carbocycles. The Kier molecular flexibility index (Phi) is 8.30. The molecule has 1 unspecified atom stereocenters. The Morgan fingerprint density at radius 1 is 0.962 bits per heavy atom. The molecule has 0 fully saturated rings. The molecule has 0 aliphatic carbocycles. The van der Waals surface area contributed by atoms with Gasteiger partial charge in [0.25, 0.3) is 0 Å². The summed E-state index contributed by atoms with van der Waals surface area (Å²) in [6.45, 7) is 0.266. The minimum atomic E-state index is -5.08. The van der Waals surface area contributed by atoms with E-state index in [0.717, 1.165) is 11.1 Å². The summed E-state index contributed by atoms with van der Waals surface area (Å²) in [6.07, 6.45) is -4.59. The number of benzene rings is 2. The molecule has 0 heterocycles. The van der Waals surface area contributed by atoms with Crippen LogP contribution in [0.4, 0.5) is 13.2 Å². The van der Waals surface area contributed by atoms with Gasteiger partial charge >= 0.3 is 18.1 Å². The molecule has 0 aliphatic rings. The second kappa shape index (κ2) is 10.2. The van der Waals surface area contributed by atoms with Crippen molar-refractivity contribution in [2.45, 2.75) is 25.2 Å². The molecular formula is C18H18F3NO4. The summed E-state index contributed by atoms with van der Waals surface area (Å²) in [5.74, 6) is -3.12. The first kappa shape index (κ1) is 21.2. The van der Waals surface area contributed by atoms with Crippen LogP contribution in [-0.2, 0) is 27.4 Å². The highest BCUT2D eigenvalue weighted by Gasteiger charge is 2.38. The maximum atomic E-state index is 11.8. The van der Waals surface area contributed by atoms with Crippen LogP contribution in [0.2, 0.25) is 0 Å². The highest BCUT2D eigenvalue weighted by atomic mass is 19.4. The smallest absolute Gasteiger partial charge is 0.475 e. The number of carbonyl (C=O) groups is 2. The van der Waals surface area contributed by atoms with Gasteiger partial charge in [-0.15, -0.1) is 0 Å². The van der Waals surface area contributed by atoms with E-state index in [1.807, 2.05) is 60.7 Å². The zero-order valence-electron chi connectivity index (χ0n) is 13.6. The Balaban J connectivity index is 0.000000412. The van der Waals surface area contributed by atoms with Crippen LogP contribution in [-0.4, -0.2) is 29.3 Å². The van der Waals surface area contributed by atoms with Crippen LogP contribution >= 0.6 is 0 Å². The number of esters is 1. The Morgan fingerprint density at radius 3 is 1.81 bits per heavy atom. The van der Waals surface area contributed by atoms with E-state index < -0.39 is 18.2 Å². The molecule has 0 saturated heterocycles. The van der Waals surface area contributed by atoms with Crippen LogP contribution in [0.3, 0.4) is 0 Å². The van der Waals surface area contributed by atoms with E-state index in [1.54, 1.807) is 0 Å². The largest absolute Gasteiger partial charge is 0.490 e. The molecule has 140 valence electrons. The molecule has 0 aliphatic heterocycles. The quantitative estimate of drug-likeness (QED) is 0.791. The molecule has 0 spiro atoms. The topological polar surface area (TPSA) is 89.6 Å². The predicted octanol–water partition coefficient (Wildman–Crippen LogP) is 2.93. The van der Waals surface area contributed by atoms with Crippen molar-refractivity contribution in [3.8, 4) is 0 Å². The number of ether oxygens (including phenoxy) is 1. The van der Waals surface area contributed by atoms with Crippen molar-refractivity contribution in [1.82, 2.24) is 0 Å². The average Bonchev–Trinajstić information content (AvgIpc) is 2.61. The Labute approximate surface area is 148 Å². The zero-order valence-corrected chi connectivity index (χ0v) is 13.6. The van der Waals surface area contributed by atoms with E-state index in [9.17, 15) is 18.0 Å². The summed E-state index contributed by atoms with van der Waals surface area (Å²) in [6, 6.07) is 18.6. The minimum Gasteiger partial charge on any atom is -0.475 e. The second-order valence-electron chi connectivity index (χ2n) is 5.19. The molecule has 3 N–H and O–H groups in total. The molecule has 26 heavy (non-hydrogen) atoms. The maximum Gasteiger partial charge on any atom is 0.490 e. The number of hydrogen-bond donors (Lipinski definition) is 2. The minimum absolute atomic E-state index is 0.266. The fourth-order valence-corrected chi connectivity index (χ4v) is 1.79. The molecule has 5 nitrogen and oxygen atoms in total. The third kappa shape index (κ3) is 8.29. The summed E-state index contributed by atoms with van der Waals surface area (Å²) in [7, 11) is 0. The monoisotopic (exact) mass is 369 g/mol. The number of nitrogens with two attached hydrogens (primary N) is 1. The molecular weight excluding hydrogens is 351 g/mol. The van der Waals surface area contributed by atoms with E-state index in [-0.39, 0.29) is 12.6 Å². The van der Waals surface area contributed by atoms with Crippen LogP contribution < -0.4 is 5.73 Å². The first-order valence-electron chi connectivity index (χ1n) is 7.50. The van der Waals surface area contributed by atoms with Crippen molar-refractivity contribution in [1.29, 1.82) is 0 Å². The van der Waals surface area contributed by atoms with Crippen LogP contribution in [0, 0.1) is 0 Å². The van der Waals surface area contributed by atoms with E-state index in [2.05, 4.69) is 0 Å². The summed E-state index contributed by atoms with van der Waals surface area (Å²) in [5.41, 5.74) is 7.83. The number of rotatable bonds is 5. The lowest BCUT2D eigenvalue weighted by Crippen LogP contribution is -2.34. The standard InChI is InChI=1S/C16H17NO2.C2HF3O2/c17-15(11-13-7-3-1-4-8-13)16(18)19-12-14-9-5-2-6-10-14;3-2(4,5)1(6)7/h1-10,15H,11-12,17H2;(H,6,7). The van der Waals surface area contributed by atoms with Crippen molar-refractivity contribution in [3.63, 3.8) is 0 Å². The SMILES string of the molecule is NC(Cc1ccccc1)C(=O)OCc1ccccc1.O=C(O)C(F)(F)F. The van der Waals surface area contributed by atoms with Gasteiger partial charge in [0.2, 0.25) is 0 Å². The van der Waals surface area contributed by atoms with Crippen molar-refractivity contribution >= 4 is 11.9 Å². The summed E-state index contributed by atoms with van der Waals surface area (Å²) in [4.78, 5) is 20.7. The van der Waals surface area contributed by atoms with Gasteiger partial charge < -0.3 is 15.6 Å². The molecule has 2 aromatic rings. The summed E-state index contributed by atoms with van der Waals surface area (Å²) in [5, 5.41) is 7.12. The van der Waals surface area contributed by atoms with Gasteiger partial charge in [-0.2, -0.15) is 13.2 Å². The van der Waals surface area contributed by atoms with Gasteiger partial charge in [-0.1, -0.05) is 60.7 Å². The van der Waals surface area contributed by atoms with Crippen LogP contribution in [0.1, 0.15) is 11.1 Å². The van der Waals surface area contributed by atoms with Gasteiger partial charge in [0.1, 0.15) is 12.6 Å². The highest BCUT2D eigenvalue weighted by Crippen LogP contribution is 2.13. The summed E-state index contributed by atoms with van der Waals surface area (Å²) < 4.78 is 36.9. The van der Waals surface area contributed by atoms with E-state index in [0.29, 0.717) is 6.42 Å². The fraction of sp³-hybridized carbons (Fsp3) is 0.222. The van der Waals surface area contributed by atoms with Crippen molar-refractivity contribution < 1.29 is 32.6 Å². The molecule has 0 aromatic heterocycles. The third-order valence-corrected chi connectivity index (χ3v) is 3.07. The predicted molar refractivity (Wildman–Crippen MR) is 88.1 cm³/mol. The van der Waals surface area contributed by atoms with E-state index >= 15 is 0 Å². The van der Waals surface area contributed by atoms with E-state index in [4.69, 9.17) is 20.4 Å². The first-order chi connectivity index (χ1) is 12.2. The zero-order chi connectivity index (χ0) is 19.6. The number of carbonyl (C=O) groups excluding carboxylic acids is 1. The summed E-state index contributed by atoms with van der Waals surface area (Å²) >= 11 is 0. The third-order valence-electron chi connectivity index (χ3n) is 3.07. The maximum absolute atomic E-state index is 11.8. The normalized spacial score (nSPS) is 11.7. The molecule has 0 amide bonds. The molecule has 2 aromatic carbocycles. The second-order valence-corrected chi connectivity index (χ2v) is 5.19. The number of hydrogen-bond acceptors (Lipinski definition) is 4. The average molecular weight is 369 g/mol. The van der Waals surface area contributed by atoms with Crippen LogP contribution in [0.25, 0.3) is 0 Å². The van der Waals surface area contributed by atoms with Crippen LogP contribution in [0.5, 0.6) is 0 Å². The molecule has 0 radical (unpaired) electrons. The lowest BCUT2D eigenvalue weighted by molar-refractivity contribution is -0.192. The van der Waals surface area contributed by atoms with Gasteiger partial charge in [-0.3, -0.25) is 4.79 Å². The Hall–Kier alpha value is -2.87. The number of halogens is 3. The number of alkyl halides is 3. The number of carboxylic acid groups (broad SMARTS) is 1. The Bertz CT molecular complexity index is 691. The molecule has 0 bridgehead atoms. The van der Waals surface area contributed by atoms with Crippen molar-refractivity contribution in [3.05, 3.63) is 71.8 Å². The van der Waals surface area contributed by atoms with Gasteiger partial charge in [0.05, 0.1) is 0 Å². The lowest BCUT2D eigenvalue weighted by Gasteiger charge is -2.11. The lowest BCUT2D eigenvalue weighted by atomic mass is 10.1. The first-order valence-corrected chi connectivity index (χ1v) is 7.50. The van der Waals surface area contributed by atoms with Crippen LogP contribution in [0.15, 0.2) is 60.7 Å². The molecule has 8 heteroatoms. The highest BCUT2D eigenvalue weighted by molar-refractivity contribution is 5.75. The van der Waals surface area contributed by atoms with Gasteiger partial charge in [0, 0.05) is 0 Å². The fourth-order valence-electron chi connectivity index (χ4n) is 1.79. The number of aliphatic carboxylic acids is 1. The van der Waals surface area contributed by atoms with Gasteiger partial charge in [0.15, 0.2) is 0 Å². The van der Waals surface area contributed by atoms with Gasteiger partial charge in [-0.05, 0) is 17.5 Å². The van der Waals surface area contributed by atoms with Crippen molar-refractivity contribution in [2.24, 2.45) is 5.73 Å². The molecule has 2 rings (SSSR count). The van der Waals surface area contributed by atoms with Crippen molar-refractivity contribution in [2.75, 3.05) is 0 Å².